The van der Waals surface area contributed by atoms with Crippen LogP contribution in [0.4, 0.5) is 0 Å². The second kappa shape index (κ2) is 3.82. The highest BCUT2D eigenvalue weighted by molar-refractivity contribution is 8.03. The third-order valence-corrected chi connectivity index (χ3v) is 3.20. The van der Waals surface area contributed by atoms with Gasteiger partial charge in [0.2, 0.25) is 0 Å². The lowest BCUT2D eigenvalue weighted by atomic mass is 9.98. The number of hydrogen-bond acceptors (Lipinski definition) is 1. The summed E-state index contributed by atoms with van der Waals surface area (Å²) < 4.78 is 0. The number of rotatable bonds is 2. The van der Waals surface area contributed by atoms with Crippen molar-refractivity contribution in [1.29, 1.82) is 0 Å². The Morgan fingerprint density at radius 2 is 2.36 bits per heavy atom. The van der Waals surface area contributed by atoms with E-state index in [1.807, 2.05) is 17.8 Å². The van der Waals surface area contributed by atoms with Crippen LogP contribution in [0.2, 0.25) is 0 Å². The molecule has 0 N–H and O–H groups in total. The smallest absolute Gasteiger partial charge is 0.0368 e. The third kappa shape index (κ3) is 1.78. The van der Waals surface area contributed by atoms with Crippen LogP contribution in [0.25, 0.3) is 0 Å². The lowest BCUT2D eigenvalue weighted by molar-refractivity contribution is 0.811. The molecule has 60 valence electrons. The van der Waals surface area contributed by atoms with Gasteiger partial charge in [-0.3, -0.25) is 0 Å². The molecular formula is C10H14S. The molecule has 2 atom stereocenters. The van der Waals surface area contributed by atoms with Crippen molar-refractivity contribution in [3.63, 3.8) is 0 Å². The Kier molecular flexibility index (Phi) is 3.01. The first-order valence-corrected chi connectivity index (χ1v) is 4.81. The van der Waals surface area contributed by atoms with Gasteiger partial charge in [-0.2, -0.15) is 0 Å². The molecule has 11 heavy (non-hydrogen) atoms. The molecule has 0 amide bonds. The van der Waals surface area contributed by atoms with Crippen LogP contribution in [-0.2, 0) is 0 Å². The SMILES string of the molecule is C=CC1C(C)=CSC1/C=C\C. The molecule has 0 spiro atoms. The normalized spacial score (nSPS) is 30.9. The van der Waals surface area contributed by atoms with Gasteiger partial charge < -0.3 is 0 Å². The monoisotopic (exact) mass is 166 g/mol. The Labute approximate surface area is 73.1 Å². The summed E-state index contributed by atoms with van der Waals surface area (Å²) in [5.74, 6) is 0.552. The maximum Gasteiger partial charge on any atom is 0.0368 e. The summed E-state index contributed by atoms with van der Waals surface area (Å²) in [5, 5.41) is 2.83. The Morgan fingerprint density at radius 3 is 2.91 bits per heavy atom. The standard InChI is InChI=1S/C10H14S/c1-4-6-10-9(5-2)8(3)7-11-10/h4-7,9-10H,2H2,1,3H3/b6-4-. The van der Waals surface area contributed by atoms with Gasteiger partial charge in [0.05, 0.1) is 0 Å². The predicted molar refractivity (Wildman–Crippen MR) is 53.6 cm³/mol. The zero-order valence-corrected chi connectivity index (χ0v) is 7.90. The average molecular weight is 166 g/mol. The van der Waals surface area contributed by atoms with E-state index in [4.69, 9.17) is 0 Å². The minimum Gasteiger partial charge on any atom is -0.126 e. The predicted octanol–water partition coefficient (Wildman–Crippen LogP) is 3.38. The van der Waals surface area contributed by atoms with Gasteiger partial charge in [-0.15, -0.1) is 18.3 Å². The topological polar surface area (TPSA) is 0 Å². The van der Waals surface area contributed by atoms with Crippen molar-refractivity contribution >= 4 is 11.8 Å². The summed E-state index contributed by atoms with van der Waals surface area (Å²) in [4.78, 5) is 0. The minimum atomic E-state index is 0.552. The molecular weight excluding hydrogens is 152 g/mol. The Hall–Kier alpha value is -0.430. The maximum absolute atomic E-state index is 3.84. The Bertz CT molecular complexity index is 201. The van der Waals surface area contributed by atoms with E-state index in [0.717, 1.165) is 0 Å². The zero-order chi connectivity index (χ0) is 8.27. The van der Waals surface area contributed by atoms with Gasteiger partial charge in [-0.25, -0.2) is 0 Å². The van der Waals surface area contributed by atoms with Crippen molar-refractivity contribution in [2.24, 2.45) is 5.92 Å². The molecule has 0 nitrogen and oxygen atoms in total. The van der Waals surface area contributed by atoms with E-state index in [-0.39, 0.29) is 0 Å². The van der Waals surface area contributed by atoms with Crippen LogP contribution in [-0.4, -0.2) is 5.25 Å². The fraction of sp³-hybridized carbons (Fsp3) is 0.400. The van der Waals surface area contributed by atoms with E-state index in [1.54, 1.807) is 0 Å². The highest BCUT2D eigenvalue weighted by Crippen LogP contribution is 2.36. The third-order valence-electron chi connectivity index (χ3n) is 1.93. The Balaban J connectivity index is 2.67. The highest BCUT2D eigenvalue weighted by atomic mass is 32.2. The average Bonchev–Trinajstić information content (AvgIpc) is 2.33. The van der Waals surface area contributed by atoms with Crippen LogP contribution < -0.4 is 0 Å². The summed E-state index contributed by atoms with van der Waals surface area (Å²) in [6, 6.07) is 0. The zero-order valence-electron chi connectivity index (χ0n) is 7.08. The van der Waals surface area contributed by atoms with Gasteiger partial charge in [-0.1, -0.05) is 23.8 Å². The summed E-state index contributed by atoms with van der Waals surface area (Å²) in [5.41, 5.74) is 1.44. The second-order valence-corrected chi connectivity index (χ2v) is 3.80. The van der Waals surface area contributed by atoms with Crippen molar-refractivity contribution in [2.75, 3.05) is 0 Å². The largest absolute Gasteiger partial charge is 0.126 e. The molecule has 1 aliphatic rings. The van der Waals surface area contributed by atoms with Gasteiger partial charge in [0.25, 0.3) is 0 Å². The van der Waals surface area contributed by atoms with E-state index < -0.39 is 0 Å². The van der Waals surface area contributed by atoms with Crippen molar-refractivity contribution in [1.82, 2.24) is 0 Å². The first-order chi connectivity index (χ1) is 5.29. The highest BCUT2D eigenvalue weighted by Gasteiger charge is 2.22. The van der Waals surface area contributed by atoms with E-state index >= 15 is 0 Å². The number of hydrogen-bond donors (Lipinski definition) is 0. The summed E-state index contributed by atoms with van der Waals surface area (Å²) in [6.45, 7) is 8.07. The van der Waals surface area contributed by atoms with Crippen molar-refractivity contribution < 1.29 is 0 Å². The van der Waals surface area contributed by atoms with Crippen molar-refractivity contribution in [3.05, 3.63) is 35.8 Å². The molecule has 0 saturated heterocycles. The number of thioether (sulfide) groups is 1. The van der Waals surface area contributed by atoms with Crippen LogP contribution in [0.15, 0.2) is 35.8 Å². The summed E-state index contributed by atoms with van der Waals surface area (Å²) in [6.07, 6.45) is 6.39. The molecule has 0 aromatic carbocycles. The molecule has 2 unspecified atom stereocenters. The minimum absolute atomic E-state index is 0.552. The molecule has 1 heterocycles. The van der Waals surface area contributed by atoms with Crippen molar-refractivity contribution in [2.45, 2.75) is 19.1 Å². The molecule has 0 saturated carbocycles. The van der Waals surface area contributed by atoms with Gasteiger partial charge in [-0.05, 0) is 19.3 Å². The number of allylic oxidation sites excluding steroid dienone is 3. The lowest BCUT2D eigenvalue weighted by Crippen LogP contribution is -2.07. The van der Waals surface area contributed by atoms with E-state index in [2.05, 4.69) is 38.0 Å². The second-order valence-electron chi connectivity index (χ2n) is 2.75. The van der Waals surface area contributed by atoms with E-state index in [1.165, 1.54) is 5.57 Å². The molecule has 0 fully saturated rings. The molecule has 0 aromatic heterocycles. The van der Waals surface area contributed by atoms with Gasteiger partial charge in [0, 0.05) is 11.2 Å². The van der Waals surface area contributed by atoms with Crippen LogP contribution in [0.5, 0.6) is 0 Å². The fourth-order valence-electron chi connectivity index (χ4n) is 1.28. The molecule has 1 aliphatic heterocycles. The first-order valence-electron chi connectivity index (χ1n) is 3.87. The molecule has 1 rings (SSSR count). The van der Waals surface area contributed by atoms with Crippen LogP contribution >= 0.6 is 11.8 Å². The van der Waals surface area contributed by atoms with Gasteiger partial charge in [0.15, 0.2) is 0 Å². The van der Waals surface area contributed by atoms with E-state index in [9.17, 15) is 0 Å². The van der Waals surface area contributed by atoms with Crippen molar-refractivity contribution in [3.8, 4) is 0 Å². The first kappa shape index (κ1) is 8.66. The molecule has 0 aliphatic carbocycles. The van der Waals surface area contributed by atoms with Gasteiger partial charge in [0.1, 0.15) is 0 Å². The molecule has 0 aromatic rings. The van der Waals surface area contributed by atoms with Crippen LogP contribution in [0.3, 0.4) is 0 Å². The van der Waals surface area contributed by atoms with E-state index in [0.29, 0.717) is 11.2 Å². The van der Waals surface area contributed by atoms with Gasteiger partial charge >= 0.3 is 0 Å². The van der Waals surface area contributed by atoms with Crippen LogP contribution in [0, 0.1) is 5.92 Å². The summed E-state index contributed by atoms with van der Waals surface area (Å²) >= 11 is 1.89. The molecule has 1 heteroatoms. The summed E-state index contributed by atoms with van der Waals surface area (Å²) in [7, 11) is 0. The van der Waals surface area contributed by atoms with Crippen LogP contribution in [0.1, 0.15) is 13.8 Å². The Morgan fingerprint density at radius 1 is 1.64 bits per heavy atom. The lowest BCUT2D eigenvalue weighted by Gasteiger charge is -2.12. The fourth-order valence-corrected chi connectivity index (χ4v) is 2.55. The molecule has 0 bridgehead atoms. The molecule has 0 radical (unpaired) electrons. The quantitative estimate of drug-likeness (QED) is 0.567. The maximum atomic E-state index is 3.84.